The standard InChI is InChI=1S/C7H7ClF2N2/c1-3-2-4(11)5(8)6(12-3)7(9)10/h2,7H,1H3,(H2,11,12). The summed E-state index contributed by atoms with van der Waals surface area (Å²) in [6.45, 7) is 1.58. The number of rotatable bonds is 1. The molecule has 0 aliphatic carbocycles. The van der Waals surface area contributed by atoms with Crippen LogP contribution in [0.15, 0.2) is 6.07 Å². The van der Waals surface area contributed by atoms with Crippen molar-refractivity contribution in [2.45, 2.75) is 13.3 Å². The quantitative estimate of drug-likeness (QED) is 0.743. The Bertz CT molecular complexity index is 302. The summed E-state index contributed by atoms with van der Waals surface area (Å²) >= 11 is 5.49. The molecule has 1 rings (SSSR count). The Kier molecular flexibility index (Phi) is 2.47. The summed E-state index contributed by atoms with van der Waals surface area (Å²) in [5, 5.41) is -0.157. The number of alkyl halides is 2. The van der Waals surface area contributed by atoms with Gasteiger partial charge in [-0.1, -0.05) is 11.6 Å². The predicted molar refractivity (Wildman–Crippen MR) is 43.4 cm³/mol. The van der Waals surface area contributed by atoms with Crippen LogP contribution >= 0.6 is 11.6 Å². The van der Waals surface area contributed by atoms with Gasteiger partial charge in [0.2, 0.25) is 0 Å². The van der Waals surface area contributed by atoms with Crippen LogP contribution in [0.4, 0.5) is 14.5 Å². The van der Waals surface area contributed by atoms with Gasteiger partial charge in [0.15, 0.2) is 0 Å². The van der Waals surface area contributed by atoms with Gasteiger partial charge in [0, 0.05) is 5.69 Å². The van der Waals surface area contributed by atoms with Crippen LogP contribution in [-0.2, 0) is 0 Å². The molecule has 0 aliphatic heterocycles. The fourth-order valence-corrected chi connectivity index (χ4v) is 1.03. The second-order valence-electron chi connectivity index (χ2n) is 2.35. The number of anilines is 1. The highest BCUT2D eigenvalue weighted by Gasteiger charge is 2.16. The first-order valence-electron chi connectivity index (χ1n) is 3.23. The number of halogens is 3. The van der Waals surface area contributed by atoms with Crippen molar-refractivity contribution in [2.24, 2.45) is 0 Å². The molecule has 0 aromatic carbocycles. The zero-order valence-electron chi connectivity index (χ0n) is 6.31. The number of hydrogen-bond donors (Lipinski definition) is 1. The van der Waals surface area contributed by atoms with Crippen LogP contribution < -0.4 is 5.73 Å². The van der Waals surface area contributed by atoms with Gasteiger partial charge in [0.05, 0.1) is 10.7 Å². The number of nitrogens with zero attached hydrogens (tertiary/aromatic N) is 1. The minimum Gasteiger partial charge on any atom is -0.397 e. The van der Waals surface area contributed by atoms with E-state index < -0.39 is 12.1 Å². The van der Waals surface area contributed by atoms with E-state index in [1.165, 1.54) is 6.07 Å². The average Bonchev–Trinajstić information content (AvgIpc) is 1.96. The van der Waals surface area contributed by atoms with E-state index in [-0.39, 0.29) is 10.7 Å². The van der Waals surface area contributed by atoms with Crippen LogP contribution in [0.3, 0.4) is 0 Å². The van der Waals surface area contributed by atoms with Gasteiger partial charge < -0.3 is 5.73 Å². The highest BCUT2D eigenvalue weighted by atomic mass is 35.5. The third-order valence-corrected chi connectivity index (χ3v) is 1.76. The molecule has 1 aromatic rings. The van der Waals surface area contributed by atoms with Crippen molar-refractivity contribution >= 4 is 17.3 Å². The zero-order chi connectivity index (χ0) is 9.30. The summed E-state index contributed by atoms with van der Waals surface area (Å²) < 4.78 is 24.4. The Labute approximate surface area is 73.4 Å². The summed E-state index contributed by atoms with van der Waals surface area (Å²) in [4.78, 5) is 3.57. The topological polar surface area (TPSA) is 38.9 Å². The fraction of sp³-hybridized carbons (Fsp3) is 0.286. The summed E-state index contributed by atoms with van der Waals surface area (Å²) in [7, 11) is 0. The highest BCUT2D eigenvalue weighted by molar-refractivity contribution is 6.33. The highest BCUT2D eigenvalue weighted by Crippen LogP contribution is 2.29. The molecule has 0 spiro atoms. The number of nitrogen functional groups attached to an aromatic ring is 1. The van der Waals surface area contributed by atoms with Gasteiger partial charge in [0.1, 0.15) is 5.69 Å². The summed E-state index contributed by atoms with van der Waals surface area (Å²) in [5.41, 5.74) is 5.48. The van der Waals surface area contributed by atoms with Gasteiger partial charge in [-0.05, 0) is 13.0 Å². The predicted octanol–water partition coefficient (Wildman–Crippen LogP) is 2.56. The molecule has 0 unspecified atom stereocenters. The van der Waals surface area contributed by atoms with Crippen LogP contribution in [0, 0.1) is 6.92 Å². The summed E-state index contributed by atoms with van der Waals surface area (Å²) in [6, 6.07) is 1.45. The van der Waals surface area contributed by atoms with Gasteiger partial charge >= 0.3 is 0 Å². The second kappa shape index (κ2) is 3.23. The van der Waals surface area contributed by atoms with Gasteiger partial charge in [0.25, 0.3) is 6.43 Å². The van der Waals surface area contributed by atoms with Crippen molar-refractivity contribution in [1.82, 2.24) is 4.98 Å². The van der Waals surface area contributed by atoms with E-state index in [0.717, 1.165) is 0 Å². The summed E-state index contributed by atoms with van der Waals surface area (Å²) in [6.07, 6.45) is -2.68. The lowest BCUT2D eigenvalue weighted by molar-refractivity contribution is 0.146. The van der Waals surface area contributed by atoms with E-state index in [4.69, 9.17) is 17.3 Å². The lowest BCUT2D eigenvalue weighted by Gasteiger charge is -2.05. The van der Waals surface area contributed by atoms with Crippen LogP contribution in [0.25, 0.3) is 0 Å². The third-order valence-electron chi connectivity index (χ3n) is 1.35. The maximum absolute atomic E-state index is 12.2. The molecular weight excluding hydrogens is 186 g/mol. The van der Waals surface area contributed by atoms with Crippen molar-refractivity contribution in [3.05, 3.63) is 22.5 Å². The molecule has 66 valence electrons. The maximum atomic E-state index is 12.2. The second-order valence-corrected chi connectivity index (χ2v) is 2.73. The molecule has 1 heterocycles. The molecule has 5 heteroatoms. The molecule has 0 atom stereocenters. The van der Waals surface area contributed by atoms with E-state index >= 15 is 0 Å². The largest absolute Gasteiger partial charge is 0.397 e. The van der Waals surface area contributed by atoms with Gasteiger partial charge in [-0.3, -0.25) is 4.98 Å². The normalized spacial score (nSPS) is 10.8. The van der Waals surface area contributed by atoms with E-state index in [9.17, 15) is 8.78 Å². The Morgan fingerprint density at radius 3 is 2.67 bits per heavy atom. The van der Waals surface area contributed by atoms with E-state index in [1.54, 1.807) is 6.92 Å². The monoisotopic (exact) mass is 192 g/mol. The smallest absolute Gasteiger partial charge is 0.281 e. The minimum atomic E-state index is -2.68. The number of aryl methyl sites for hydroxylation is 1. The SMILES string of the molecule is Cc1cc(N)c(Cl)c(C(F)F)n1. The first-order valence-corrected chi connectivity index (χ1v) is 3.61. The molecule has 0 amide bonds. The molecule has 0 aliphatic rings. The average molecular weight is 193 g/mol. The molecule has 0 saturated heterocycles. The zero-order valence-corrected chi connectivity index (χ0v) is 7.07. The lowest BCUT2D eigenvalue weighted by atomic mass is 10.3. The van der Waals surface area contributed by atoms with Crippen LogP contribution in [0.2, 0.25) is 5.02 Å². The van der Waals surface area contributed by atoms with Crippen LogP contribution in [-0.4, -0.2) is 4.98 Å². The van der Waals surface area contributed by atoms with E-state index in [2.05, 4.69) is 4.98 Å². The fourth-order valence-electron chi connectivity index (χ4n) is 0.852. The Balaban J connectivity index is 3.28. The van der Waals surface area contributed by atoms with Crippen LogP contribution in [0.5, 0.6) is 0 Å². The summed E-state index contributed by atoms with van der Waals surface area (Å²) in [5.74, 6) is 0. The third kappa shape index (κ3) is 1.64. The van der Waals surface area contributed by atoms with Crippen molar-refractivity contribution in [3.63, 3.8) is 0 Å². The van der Waals surface area contributed by atoms with Crippen molar-refractivity contribution in [1.29, 1.82) is 0 Å². The molecule has 1 aromatic heterocycles. The van der Waals surface area contributed by atoms with Crippen molar-refractivity contribution in [2.75, 3.05) is 5.73 Å². The van der Waals surface area contributed by atoms with Crippen molar-refractivity contribution < 1.29 is 8.78 Å². The van der Waals surface area contributed by atoms with Gasteiger partial charge in [-0.25, -0.2) is 8.78 Å². The molecule has 2 N–H and O–H groups in total. The number of aromatic nitrogens is 1. The van der Waals surface area contributed by atoms with Gasteiger partial charge in [-0.15, -0.1) is 0 Å². The first kappa shape index (κ1) is 9.19. The number of nitrogens with two attached hydrogens (primary N) is 1. The molecule has 0 bridgehead atoms. The molecule has 0 fully saturated rings. The Hall–Kier alpha value is -0.900. The molecule has 2 nitrogen and oxygen atoms in total. The lowest BCUT2D eigenvalue weighted by Crippen LogP contribution is -1.98. The molecular formula is C7H7ClF2N2. The van der Waals surface area contributed by atoms with E-state index in [0.29, 0.717) is 5.69 Å². The molecule has 0 radical (unpaired) electrons. The van der Waals surface area contributed by atoms with Crippen LogP contribution in [0.1, 0.15) is 17.8 Å². The van der Waals surface area contributed by atoms with Crippen molar-refractivity contribution in [3.8, 4) is 0 Å². The Morgan fingerprint density at radius 1 is 1.58 bits per heavy atom. The maximum Gasteiger partial charge on any atom is 0.281 e. The number of hydrogen-bond acceptors (Lipinski definition) is 2. The Morgan fingerprint density at radius 2 is 2.17 bits per heavy atom. The van der Waals surface area contributed by atoms with E-state index in [1.807, 2.05) is 0 Å². The van der Waals surface area contributed by atoms with Gasteiger partial charge in [-0.2, -0.15) is 0 Å². The molecule has 0 saturated carbocycles. The number of pyridine rings is 1. The minimum absolute atomic E-state index is 0.138. The molecule has 12 heavy (non-hydrogen) atoms. The first-order chi connectivity index (χ1) is 5.52.